The van der Waals surface area contributed by atoms with Crippen LogP contribution in [0.1, 0.15) is 20.8 Å². The first-order valence-corrected chi connectivity index (χ1v) is 12.6. The summed E-state index contributed by atoms with van der Waals surface area (Å²) in [6.45, 7) is 3.78. The molecule has 37 heavy (non-hydrogen) atoms. The summed E-state index contributed by atoms with van der Waals surface area (Å²) < 4.78 is 35.5. The van der Waals surface area contributed by atoms with Crippen molar-refractivity contribution in [3.63, 3.8) is 0 Å². The normalized spacial score (nSPS) is 16.5. The molecule has 0 amide bonds. The van der Waals surface area contributed by atoms with Gasteiger partial charge in [0.25, 0.3) is 5.56 Å². The largest absolute Gasteiger partial charge is 0.465 e. The van der Waals surface area contributed by atoms with Gasteiger partial charge in [-0.1, -0.05) is 18.2 Å². The van der Waals surface area contributed by atoms with Crippen LogP contribution in [0, 0.1) is 12.3 Å². The number of aromatic amines is 1. The van der Waals surface area contributed by atoms with E-state index in [0.29, 0.717) is 4.57 Å². The molecule has 202 valence electrons. The molecule has 1 heterocycles. The smallest absolute Gasteiger partial charge is 0.459 e. The fourth-order valence-corrected chi connectivity index (χ4v) is 4.78. The second-order valence-electron chi connectivity index (χ2n) is 8.22. The van der Waals surface area contributed by atoms with Gasteiger partial charge in [0.15, 0.2) is 0 Å². The first kappa shape index (κ1) is 30.0. The van der Waals surface area contributed by atoms with Crippen molar-refractivity contribution in [2.75, 3.05) is 20.3 Å². The van der Waals surface area contributed by atoms with Gasteiger partial charge in [-0.05, 0) is 38.8 Å². The Hall–Kier alpha value is -3.24. The molecule has 1 aromatic heterocycles. The van der Waals surface area contributed by atoms with Crippen LogP contribution in [-0.4, -0.2) is 63.8 Å². The van der Waals surface area contributed by atoms with Crippen molar-refractivity contribution < 1.29 is 38.1 Å². The van der Waals surface area contributed by atoms with Gasteiger partial charge in [-0.15, -0.1) is 6.42 Å². The molecule has 4 N–H and O–H groups in total. The van der Waals surface area contributed by atoms with Crippen molar-refractivity contribution in [2.45, 2.75) is 44.2 Å². The number of hydrogen-bond acceptors (Lipinski definition) is 10. The summed E-state index contributed by atoms with van der Waals surface area (Å²) in [4.78, 5) is 37.9. The summed E-state index contributed by atoms with van der Waals surface area (Å²) >= 11 is 0. The number of benzene rings is 1. The fraction of sp³-hybridized carbons (Fsp3) is 0.435. The molecule has 14 heteroatoms. The van der Waals surface area contributed by atoms with Crippen LogP contribution in [0.5, 0.6) is 5.75 Å². The number of H-pyrrole nitrogens is 1. The maximum absolute atomic E-state index is 13.7. The number of hydrogen-bond donors (Lipinski definition) is 4. The Balaban J connectivity index is 2.36. The summed E-state index contributed by atoms with van der Waals surface area (Å²) in [5.74, 6) is 1.30. The number of nitrogens with zero attached hydrogens (tertiary/aromatic N) is 1. The number of aliphatic hydroxyl groups is 2. The van der Waals surface area contributed by atoms with Crippen LogP contribution >= 0.6 is 7.75 Å². The highest BCUT2D eigenvalue weighted by Gasteiger charge is 2.45. The molecule has 1 unspecified atom stereocenters. The van der Waals surface area contributed by atoms with Crippen LogP contribution in [0.3, 0.4) is 0 Å². The molecule has 0 aliphatic rings. The number of aliphatic hydroxyl groups excluding tert-OH is 1. The summed E-state index contributed by atoms with van der Waals surface area (Å²) in [5.41, 5.74) is -6.09. The number of terminal acetylenes is 1. The highest BCUT2D eigenvalue weighted by molar-refractivity contribution is 7.52. The molecule has 0 fully saturated rings. The molecule has 0 radical (unpaired) electrons. The van der Waals surface area contributed by atoms with Gasteiger partial charge in [0.05, 0.1) is 13.2 Å². The van der Waals surface area contributed by atoms with Crippen LogP contribution < -0.4 is 20.9 Å². The Morgan fingerprint density at radius 2 is 1.92 bits per heavy atom. The molecule has 1 aromatic carbocycles. The van der Waals surface area contributed by atoms with Crippen LogP contribution in [0.2, 0.25) is 0 Å². The minimum absolute atomic E-state index is 0.0708. The maximum atomic E-state index is 13.7. The lowest BCUT2D eigenvalue weighted by molar-refractivity contribution is -0.155. The van der Waals surface area contributed by atoms with E-state index in [-0.39, 0.29) is 12.4 Å². The Kier molecular flexibility index (Phi) is 10.00. The SMILES string of the molecule is C#C[C@@](O)([C@H](O)[C@@H](COP(=O)(NC(C)(C)C(=O)OCC)Oc1ccccc1)OC)n1ccc(=O)[nH]c1=O. The molecule has 4 atom stereocenters. The number of carbonyl (C=O) groups is 1. The zero-order valence-electron chi connectivity index (χ0n) is 20.7. The second kappa shape index (κ2) is 12.3. The minimum Gasteiger partial charge on any atom is -0.465 e. The van der Waals surface area contributed by atoms with Crippen LogP contribution in [0.4, 0.5) is 0 Å². The Labute approximate surface area is 212 Å². The monoisotopic (exact) mass is 539 g/mol. The predicted octanol–water partition coefficient (Wildman–Crippen LogP) is 0.326. The van der Waals surface area contributed by atoms with Crippen molar-refractivity contribution in [3.8, 4) is 18.1 Å². The highest BCUT2D eigenvalue weighted by Crippen LogP contribution is 2.46. The van der Waals surface area contributed by atoms with E-state index in [0.717, 1.165) is 19.4 Å². The number of methoxy groups -OCH3 is 1. The van der Waals surface area contributed by atoms with E-state index in [1.165, 1.54) is 26.0 Å². The van der Waals surface area contributed by atoms with E-state index >= 15 is 0 Å². The lowest BCUT2D eigenvalue weighted by Crippen LogP contribution is -2.56. The molecular weight excluding hydrogens is 509 g/mol. The third-order valence-electron chi connectivity index (χ3n) is 5.05. The van der Waals surface area contributed by atoms with Crippen LogP contribution in [0.25, 0.3) is 0 Å². The molecule has 0 spiro atoms. The number of rotatable bonds is 13. The maximum Gasteiger partial charge on any atom is 0.459 e. The van der Waals surface area contributed by atoms with E-state index in [1.807, 2.05) is 10.9 Å². The van der Waals surface area contributed by atoms with Gasteiger partial charge in [-0.25, -0.2) is 9.36 Å². The summed E-state index contributed by atoms with van der Waals surface area (Å²) in [7, 11) is -3.25. The van der Waals surface area contributed by atoms with Crippen molar-refractivity contribution in [1.29, 1.82) is 0 Å². The van der Waals surface area contributed by atoms with Crippen molar-refractivity contribution in [2.24, 2.45) is 0 Å². The number of aromatic nitrogens is 2. The third kappa shape index (κ3) is 7.39. The number of esters is 1. The Morgan fingerprint density at radius 3 is 2.46 bits per heavy atom. The van der Waals surface area contributed by atoms with Crippen molar-refractivity contribution in [3.05, 3.63) is 63.4 Å². The first-order chi connectivity index (χ1) is 17.3. The molecule has 0 bridgehead atoms. The third-order valence-corrected chi connectivity index (χ3v) is 6.82. The van der Waals surface area contributed by atoms with Crippen molar-refractivity contribution >= 4 is 13.7 Å². The lowest BCUT2D eigenvalue weighted by atomic mass is 10.0. The number of ether oxygens (including phenoxy) is 2. The number of carbonyl (C=O) groups excluding carboxylic acids is 1. The van der Waals surface area contributed by atoms with Gasteiger partial charge < -0.3 is 24.2 Å². The summed E-state index contributed by atoms with van der Waals surface area (Å²) in [6.07, 6.45) is 2.79. The Morgan fingerprint density at radius 1 is 1.27 bits per heavy atom. The molecule has 2 aromatic rings. The van der Waals surface area contributed by atoms with Gasteiger partial charge in [0.1, 0.15) is 23.5 Å². The molecule has 13 nitrogen and oxygen atoms in total. The zero-order chi connectivity index (χ0) is 27.9. The quantitative estimate of drug-likeness (QED) is 0.157. The van der Waals surface area contributed by atoms with E-state index in [4.69, 9.17) is 24.9 Å². The lowest BCUT2D eigenvalue weighted by Gasteiger charge is -2.34. The van der Waals surface area contributed by atoms with Gasteiger partial charge in [0.2, 0.25) is 5.72 Å². The van der Waals surface area contributed by atoms with E-state index in [2.05, 4.69) is 5.09 Å². The molecule has 0 saturated carbocycles. The standard InChI is InChI=1S/C23H30N3O10P/c1-6-23(31,26-14-13-18(27)24-21(26)30)19(28)17(33-5)15-35-37(32,36-16-11-9-8-10-12-16)25-22(3,4)20(29)34-7-2/h1,8-14,17,19,28,31H,7,15H2,2-5H3,(H,25,32)(H,24,27,30)/t17-,19-,23-,37?/m1/s1. The first-order valence-electron chi connectivity index (χ1n) is 11.0. The number of para-hydroxylation sites is 1. The zero-order valence-corrected chi connectivity index (χ0v) is 21.6. The molecule has 0 aliphatic carbocycles. The highest BCUT2D eigenvalue weighted by atomic mass is 31.2. The average molecular weight is 539 g/mol. The van der Waals surface area contributed by atoms with Crippen LogP contribution in [0.15, 0.2) is 52.2 Å². The van der Waals surface area contributed by atoms with Gasteiger partial charge in [-0.3, -0.25) is 23.7 Å². The Bertz CT molecular complexity index is 1270. The van der Waals surface area contributed by atoms with Gasteiger partial charge in [-0.2, -0.15) is 5.09 Å². The number of nitrogens with one attached hydrogen (secondary N) is 2. The van der Waals surface area contributed by atoms with E-state index < -0.39 is 55.0 Å². The van der Waals surface area contributed by atoms with Gasteiger partial charge in [0, 0.05) is 19.4 Å². The fourth-order valence-electron chi connectivity index (χ4n) is 3.10. The second-order valence-corrected chi connectivity index (χ2v) is 9.88. The predicted molar refractivity (Wildman–Crippen MR) is 132 cm³/mol. The summed E-state index contributed by atoms with van der Waals surface area (Å²) in [6, 6.07) is 8.85. The molecule has 0 aliphatic heterocycles. The van der Waals surface area contributed by atoms with Crippen molar-refractivity contribution in [1.82, 2.24) is 14.6 Å². The van der Waals surface area contributed by atoms with Crippen LogP contribution in [-0.2, 0) is 29.1 Å². The van der Waals surface area contributed by atoms with E-state index in [1.54, 1.807) is 25.1 Å². The molecular formula is C23H30N3O10P. The topological polar surface area (TPSA) is 178 Å². The molecule has 0 saturated heterocycles. The average Bonchev–Trinajstić information content (AvgIpc) is 2.84. The minimum atomic E-state index is -4.39. The molecule has 2 rings (SSSR count). The summed E-state index contributed by atoms with van der Waals surface area (Å²) in [5, 5.41) is 24.4. The van der Waals surface area contributed by atoms with Gasteiger partial charge >= 0.3 is 19.4 Å². The van der Waals surface area contributed by atoms with E-state index in [9.17, 15) is 29.2 Å².